The van der Waals surface area contributed by atoms with Crippen LogP contribution in [0.15, 0.2) is 22.9 Å². The average molecular weight is 681 g/mol. The van der Waals surface area contributed by atoms with Crippen LogP contribution in [0.25, 0.3) is 9.75 Å². The Morgan fingerprint density at radius 3 is 1.63 bits per heavy atom. The van der Waals surface area contributed by atoms with E-state index in [2.05, 4.69) is 6.92 Å². The zero-order valence-corrected chi connectivity index (χ0v) is 24.9. The maximum atomic E-state index is 14.3. The molecule has 0 aliphatic heterocycles. The number of hydrogen-bond acceptors (Lipinski definition) is 2. The summed E-state index contributed by atoms with van der Waals surface area (Å²) in [5.74, 6) is -36.7. The molecule has 0 nitrogen and oxygen atoms in total. The van der Waals surface area contributed by atoms with Gasteiger partial charge in [-0.15, -0.1) is 22.7 Å². The van der Waals surface area contributed by atoms with Crippen LogP contribution >= 0.6 is 22.7 Å². The van der Waals surface area contributed by atoms with Crippen LogP contribution in [0.2, 0.25) is 0 Å². The molecule has 0 aliphatic rings. The normalized spacial score (nSPS) is 14.1. The molecule has 15 heteroatoms. The number of alkyl halides is 13. The van der Waals surface area contributed by atoms with Crippen LogP contribution < -0.4 is 0 Å². The predicted octanol–water partition coefficient (Wildman–Crippen LogP) is 12.6. The summed E-state index contributed by atoms with van der Waals surface area (Å²) in [4.78, 5) is 0.892. The molecule has 248 valence electrons. The molecule has 0 fully saturated rings. The van der Waals surface area contributed by atoms with Gasteiger partial charge in [-0.05, 0) is 53.3 Å². The SMILES string of the molecule is CCCCCCCCCCCCc1csc(-c2sccc2CCC(F)(F)C(F)(F)C(F)(F)C(F)(F)C(F)(F)C(F)(F)F)c1. The summed E-state index contributed by atoms with van der Waals surface area (Å²) < 4.78 is 174. The van der Waals surface area contributed by atoms with Crippen LogP contribution in [-0.2, 0) is 12.8 Å². The zero-order valence-electron chi connectivity index (χ0n) is 23.2. The molecule has 0 saturated carbocycles. The van der Waals surface area contributed by atoms with Gasteiger partial charge < -0.3 is 0 Å². The van der Waals surface area contributed by atoms with E-state index in [1.54, 1.807) is 6.07 Å². The van der Waals surface area contributed by atoms with Crippen molar-refractivity contribution in [3.05, 3.63) is 34.0 Å². The van der Waals surface area contributed by atoms with E-state index < -0.39 is 48.6 Å². The maximum absolute atomic E-state index is 14.3. The minimum Gasteiger partial charge on any atom is -0.200 e. The summed E-state index contributed by atoms with van der Waals surface area (Å²) in [6.07, 6.45) is 1.47. The molecule has 2 heterocycles. The summed E-state index contributed by atoms with van der Waals surface area (Å²) in [6.45, 7) is 2.16. The molecule has 0 N–H and O–H groups in total. The summed E-state index contributed by atoms with van der Waals surface area (Å²) in [6, 6.07) is 2.98. The number of unbranched alkanes of at least 4 members (excludes halogenated alkanes) is 9. The molecule has 0 unspecified atom stereocenters. The number of hydrogen-bond donors (Lipinski definition) is 0. The van der Waals surface area contributed by atoms with Crippen molar-refractivity contribution < 1.29 is 57.1 Å². The van der Waals surface area contributed by atoms with Crippen molar-refractivity contribution in [3.63, 3.8) is 0 Å². The lowest BCUT2D eigenvalue weighted by atomic mass is 9.91. The molecule has 0 saturated heterocycles. The Morgan fingerprint density at radius 1 is 0.581 bits per heavy atom. The molecule has 0 radical (unpaired) electrons. The van der Waals surface area contributed by atoms with Crippen LogP contribution in [0.3, 0.4) is 0 Å². The molecule has 2 aromatic rings. The molecule has 0 amide bonds. The molecule has 0 bridgehead atoms. The van der Waals surface area contributed by atoms with E-state index >= 15 is 0 Å². The largest absolute Gasteiger partial charge is 0.460 e. The Morgan fingerprint density at radius 2 is 1.09 bits per heavy atom. The van der Waals surface area contributed by atoms with Gasteiger partial charge in [0.25, 0.3) is 0 Å². The lowest BCUT2D eigenvalue weighted by molar-refractivity contribution is -0.440. The minimum atomic E-state index is -7.87. The van der Waals surface area contributed by atoms with Gasteiger partial charge in [-0.1, -0.05) is 64.7 Å². The third kappa shape index (κ3) is 8.40. The second kappa shape index (κ2) is 14.7. The van der Waals surface area contributed by atoms with Crippen molar-refractivity contribution in [2.45, 2.75) is 126 Å². The van der Waals surface area contributed by atoms with Gasteiger partial charge in [0.1, 0.15) is 0 Å². The van der Waals surface area contributed by atoms with Gasteiger partial charge in [-0.3, -0.25) is 0 Å². The Hall–Kier alpha value is -1.51. The zero-order chi connectivity index (χ0) is 32.7. The van der Waals surface area contributed by atoms with E-state index in [-0.39, 0.29) is 5.56 Å². The molecule has 2 aromatic heterocycles. The molecule has 2 rings (SSSR count). The first-order chi connectivity index (χ1) is 19.7. The van der Waals surface area contributed by atoms with E-state index in [9.17, 15) is 57.1 Å². The van der Waals surface area contributed by atoms with Gasteiger partial charge in [-0.2, -0.15) is 57.1 Å². The highest BCUT2D eigenvalue weighted by molar-refractivity contribution is 7.20. The lowest BCUT2D eigenvalue weighted by Crippen LogP contribution is -2.70. The molecule has 43 heavy (non-hydrogen) atoms. The van der Waals surface area contributed by atoms with Crippen molar-refractivity contribution in [1.82, 2.24) is 0 Å². The van der Waals surface area contributed by atoms with Gasteiger partial charge in [0.05, 0.1) is 0 Å². The van der Waals surface area contributed by atoms with Gasteiger partial charge in [-0.25, -0.2) is 0 Å². The molecule has 0 aliphatic carbocycles. The number of aryl methyl sites for hydroxylation is 2. The van der Waals surface area contributed by atoms with Gasteiger partial charge in [0, 0.05) is 16.2 Å². The molecular weight excluding hydrogens is 647 g/mol. The highest BCUT2D eigenvalue weighted by Gasteiger charge is 2.90. The maximum Gasteiger partial charge on any atom is 0.460 e. The Kier molecular flexibility index (Phi) is 12.9. The third-order valence-corrected chi connectivity index (χ3v) is 9.27. The van der Waals surface area contributed by atoms with Crippen molar-refractivity contribution in [1.29, 1.82) is 0 Å². The number of thiophene rings is 2. The monoisotopic (exact) mass is 680 g/mol. The first kappa shape index (κ1) is 37.7. The van der Waals surface area contributed by atoms with E-state index in [1.165, 1.54) is 61.3 Å². The van der Waals surface area contributed by atoms with Crippen LogP contribution in [0.4, 0.5) is 57.1 Å². The number of rotatable bonds is 19. The fourth-order valence-corrected chi connectivity index (χ4v) is 6.52. The standard InChI is InChI=1S/C28H33F13S2/c1-2-3-4-5-6-7-8-9-10-11-12-19-17-21(43-18-19)22-20(14-16-42-22)13-15-23(29,30)24(31,32)25(33,34)26(35,36)27(37,38)28(39,40)41/h14,16-18H,2-13,15H2,1H3. The fourth-order valence-electron chi connectivity index (χ4n) is 4.44. The van der Waals surface area contributed by atoms with Gasteiger partial charge >= 0.3 is 35.8 Å². The average Bonchev–Trinajstić information content (AvgIpc) is 3.57. The smallest absolute Gasteiger partial charge is 0.200 e. The van der Waals surface area contributed by atoms with Crippen LogP contribution in [-0.4, -0.2) is 35.8 Å². The van der Waals surface area contributed by atoms with Crippen LogP contribution in [0.5, 0.6) is 0 Å². The molecule has 0 atom stereocenters. The van der Waals surface area contributed by atoms with E-state index in [0.717, 1.165) is 49.0 Å². The second-order valence-electron chi connectivity index (χ2n) is 10.5. The quantitative estimate of drug-likeness (QED) is 0.102. The first-order valence-corrected chi connectivity index (χ1v) is 15.6. The topological polar surface area (TPSA) is 0 Å². The fraction of sp³-hybridized carbons (Fsp3) is 0.714. The molecule has 0 spiro atoms. The summed E-state index contributed by atoms with van der Waals surface area (Å²) in [7, 11) is 0. The predicted molar refractivity (Wildman–Crippen MR) is 142 cm³/mol. The molecule has 0 aromatic carbocycles. The summed E-state index contributed by atoms with van der Waals surface area (Å²) >= 11 is 2.24. The Bertz CT molecular complexity index is 1120. The summed E-state index contributed by atoms with van der Waals surface area (Å²) in [5.41, 5.74) is 0.909. The summed E-state index contributed by atoms with van der Waals surface area (Å²) in [5, 5.41) is 3.22. The van der Waals surface area contributed by atoms with Crippen molar-refractivity contribution in [2.75, 3.05) is 0 Å². The van der Waals surface area contributed by atoms with Crippen LogP contribution in [0.1, 0.15) is 88.7 Å². The lowest BCUT2D eigenvalue weighted by Gasteiger charge is -2.39. The first-order valence-electron chi connectivity index (χ1n) is 13.8. The van der Waals surface area contributed by atoms with E-state index in [0.29, 0.717) is 9.75 Å². The van der Waals surface area contributed by atoms with Crippen LogP contribution in [0, 0.1) is 0 Å². The van der Waals surface area contributed by atoms with Crippen molar-refractivity contribution >= 4 is 22.7 Å². The van der Waals surface area contributed by atoms with Gasteiger partial charge in [0.2, 0.25) is 0 Å². The molecular formula is C28H33F13S2. The van der Waals surface area contributed by atoms with Crippen molar-refractivity contribution in [2.24, 2.45) is 0 Å². The Labute approximate surface area is 249 Å². The third-order valence-electron chi connectivity index (χ3n) is 7.15. The Balaban J connectivity index is 2.00. The second-order valence-corrected chi connectivity index (χ2v) is 12.4. The van der Waals surface area contributed by atoms with E-state index in [4.69, 9.17) is 0 Å². The minimum absolute atomic E-state index is 0.0245. The highest BCUT2D eigenvalue weighted by Crippen LogP contribution is 2.60. The number of halogens is 13. The van der Waals surface area contributed by atoms with Crippen molar-refractivity contribution in [3.8, 4) is 9.75 Å². The van der Waals surface area contributed by atoms with E-state index in [1.807, 2.05) is 5.38 Å². The van der Waals surface area contributed by atoms with Gasteiger partial charge in [0.15, 0.2) is 0 Å². The highest BCUT2D eigenvalue weighted by atomic mass is 32.1.